The quantitative estimate of drug-likeness (QED) is 0.275. The molecule has 0 bridgehead atoms. The largest absolute Gasteiger partial charge is 0.496 e. The van der Waals surface area contributed by atoms with Crippen LogP contribution < -0.4 is 14.2 Å². The van der Waals surface area contributed by atoms with E-state index in [9.17, 15) is 9.18 Å². The summed E-state index contributed by atoms with van der Waals surface area (Å²) in [7, 11) is 4.66. The van der Waals surface area contributed by atoms with Crippen LogP contribution in [0.15, 0.2) is 79.0 Å². The number of carbonyl (C=O) groups excluding carboxylic acids is 1. The maximum Gasteiger partial charge on any atom is 0.178 e. The first-order valence-electron chi connectivity index (χ1n) is 11.0. The molecule has 4 rings (SSSR count). The number of hydrogen-bond donors (Lipinski definition) is 0. The van der Waals surface area contributed by atoms with Crippen molar-refractivity contribution >= 4 is 28.8 Å². The molecule has 0 aliphatic rings. The Morgan fingerprint density at radius 3 is 2.14 bits per heavy atom. The fourth-order valence-electron chi connectivity index (χ4n) is 3.91. The SMILES string of the molecule is COc1cc(OC)c(OC)cc1/C=C/C(=O)/C=C/c1cn(Cc2ccc(F)cc2)c2ccccc12. The summed E-state index contributed by atoms with van der Waals surface area (Å²) in [5, 5.41) is 1.03. The molecule has 0 spiro atoms. The second-order valence-corrected chi connectivity index (χ2v) is 7.87. The Balaban J connectivity index is 1.57. The number of methoxy groups -OCH3 is 3. The molecule has 0 aliphatic heterocycles. The average Bonchev–Trinajstić information content (AvgIpc) is 3.24. The molecule has 0 saturated heterocycles. The predicted octanol–water partition coefficient (Wildman–Crippen LogP) is 6.15. The van der Waals surface area contributed by atoms with E-state index in [1.165, 1.54) is 24.3 Å². The van der Waals surface area contributed by atoms with E-state index >= 15 is 0 Å². The van der Waals surface area contributed by atoms with Crippen molar-refractivity contribution < 1.29 is 23.4 Å². The van der Waals surface area contributed by atoms with Gasteiger partial charge in [-0.05, 0) is 54.1 Å². The Morgan fingerprint density at radius 1 is 0.829 bits per heavy atom. The summed E-state index contributed by atoms with van der Waals surface area (Å²) in [4.78, 5) is 12.6. The highest BCUT2D eigenvalue weighted by atomic mass is 19.1. The Hall–Kier alpha value is -4.32. The topological polar surface area (TPSA) is 49.7 Å². The minimum absolute atomic E-state index is 0.169. The van der Waals surface area contributed by atoms with E-state index < -0.39 is 0 Å². The van der Waals surface area contributed by atoms with Gasteiger partial charge in [-0.25, -0.2) is 4.39 Å². The summed E-state index contributed by atoms with van der Waals surface area (Å²) in [6.07, 6.45) is 8.51. The predicted molar refractivity (Wildman–Crippen MR) is 137 cm³/mol. The van der Waals surface area contributed by atoms with Crippen molar-refractivity contribution in [2.75, 3.05) is 21.3 Å². The summed E-state index contributed by atoms with van der Waals surface area (Å²) in [6.45, 7) is 0.599. The summed E-state index contributed by atoms with van der Waals surface area (Å²) >= 11 is 0. The summed E-state index contributed by atoms with van der Waals surface area (Å²) in [6, 6.07) is 17.9. The molecule has 0 atom stereocenters. The van der Waals surface area contributed by atoms with Crippen LogP contribution >= 0.6 is 0 Å². The molecule has 0 radical (unpaired) electrons. The van der Waals surface area contributed by atoms with Crippen molar-refractivity contribution in [3.63, 3.8) is 0 Å². The molecular weight excluding hydrogens is 445 g/mol. The molecule has 0 amide bonds. The summed E-state index contributed by atoms with van der Waals surface area (Å²) < 4.78 is 31.4. The van der Waals surface area contributed by atoms with Gasteiger partial charge in [0.1, 0.15) is 11.6 Å². The lowest BCUT2D eigenvalue weighted by Crippen LogP contribution is -1.97. The minimum atomic E-state index is -0.257. The smallest absolute Gasteiger partial charge is 0.178 e. The number of aromatic nitrogens is 1. The molecule has 4 aromatic rings. The molecule has 1 aromatic heterocycles. The number of ether oxygens (including phenoxy) is 3. The number of halogens is 1. The first kappa shape index (κ1) is 23.8. The maximum atomic E-state index is 13.3. The van der Waals surface area contributed by atoms with Crippen molar-refractivity contribution in [2.45, 2.75) is 6.54 Å². The van der Waals surface area contributed by atoms with Crippen LogP contribution in [0.4, 0.5) is 4.39 Å². The van der Waals surface area contributed by atoms with E-state index in [0.29, 0.717) is 29.4 Å². The van der Waals surface area contributed by atoms with Gasteiger partial charge in [0, 0.05) is 40.8 Å². The van der Waals surface area contributed by atoms with Gasteiger partial charge in [-0.1, -0.05) is 30.3 Å². The van der Waals surface area contributed by atoms with E-state index in [0.717, 1.165) is 22.0 Å². The molecule has 0 saturated carbocycles. The lowest BCUT2D eigenvalue weighted by Gasteiger charge is -2.11. The minimum Gasteiger partial charge on any atom is -0.496 e. The van der Waals surface area contributed by atoms with E-state index in [1.54, 1.807) is 51.7 Å². The second kappa shape index (κ2) is 10.7. The lowest BCUT2D eigenvalue weighted by atomic mass is 10.1. The van der Waals surface area contributed by atoms with E-state index in [1.807, 2.05) is 36.5 Å². The van der Waals surface area contributed by atoms with Crippen LogP contribution in [-0.2, 0) is 11.3 Å². The zero-order valence-electron chi connectivity index (χ0n) is 19.8. The van der Waals surface area contributed by atoms with Gasteiger partial charge < -0.3 is 18.8 Å². The van der Waals surface area contributed by atoms with Crippen LogP contribution in [-0.4, -0.2) is 31.7 Å². The Kier molecular flexibility index (Phi) is 7.31. The normalized spacial score (nSPS) is 11.4. The van der Waals surface area contributed by atoms with Gasteiger partial charge in [-0.15, -0.1) is 0 Å². The van der Waals surface area contributed by atoms with E-state index in [-0.39, 0.29) is 11.6 Å². The van der Waals surface area contributed by atoms with Gasteiger partial charge in [-0.3, -0.25) is 4.79 Å². The van der Waals surface area contributed by atoms with Gasteiger partial charge in [0.05, 0.1) is 21.3 Å². The maximum absolute atomic E-state index is 13.3. The van der Waals surface area contributed by atoms with Gasteiger partial charge in [0.2, 0.25) is 0 Å². The third-order valence-corrected chi connectivity index (χ3v) is 5.68. The molecule has 0 fully saturated rings. The highest BCUT2D eigenvalue weighted by Crippen LogP contribution is 2.35. The van der Waals surface area contributed by atoms with Crippen molar-refractivity contribution in [1.82, 2.24) is 4.57 Å². The Morgan fingerprint density at radius 2 is 1.46 bits per heavy atom. The first-order valence-corrected chi connectivity index (χ1v) is 11.0. The monoisotopic (exact) mass is 471 g/mol. The average molecular weight is 472 g/mol. The third-order valence-electron chi connectivity index (χ3n) is 5.68. The number of fused-ring (bicyclic) bond motifs is 1. The van der Waals surface area contributed by atoms with Crippen LogP contribution in [0.3, 0.4) is 0 Å². The van der Waals surface area contributed by atoms with Crippen molar-refractivity contribution in [1.29, 1.82) is 0 Å². The highest BCUT2D eigenvalue weighted by molar-refractivity contribution is 6.06. The Bertz CT molecular complexity index is 1400. The molecule has 0 aliphatic carbocycles. The van der Waals surface area contributed by atoms with Gasteiger partial charge in [0.15, 0.2) is 17.3 Å². The van der Waals surface area contributed by atoms with Crippen LogP contribution in [0.5, 0.6) is 17.2 Å². The molecule has 0 unspecified atom stereocenters. The molecule has 3 aromatic carbocycles. The number of rotatable bonds is 9. The fraction of sp³-hybridized carbons (Fsp3) is 0.138. The zero-order chi connectivity index (χ0) is 24.8. The van der Waals surface area contributed by atoms with Crippen LogP contribution in [0.25, 0.3) is 23.1 Å². The fourth-order valence-corrected chi connectivity index (χ4v) is 3.91. The molecule has 6 heteroatoms. The highest BCUT2D eigenvalue weighted by Gasteiger charge is 2.10. The number of ketones is 1. The first-order chi connectivity index (χ1) is 17.0. The Labute approximate surface area is 203 Å². The number of benzene rings is 3. The number of carbonyl (C=O) groups is 1. The number of hydrogen-bond acceptors (Lipinski definition) is 4. The van der Waals surface area contributed by atoms with Gasteiger partial charge >= 0.3 is 0 Å². The molecule has 178 valence electrons. The zero-order valence-corrected chi connectivity index (χ0v) is 19.8. The molecule has 5 nitrogen and oxygen atoms in total. The van der Waals surface area contributed by atoms with E-state index in [4.69, 9.17) is 14.2 Å². The molecule has 1 heterocycles. The molecule has 0 N–H and O–H groups in total. The van der Waals surface area contributed by atoms with Crippen LogP contribution in [0, 0.1) is 5.82 Å². The van der Waals surface area contributed by atoms with Crippen LogP contribution in [0.2, 0.25) is 0 Å². The molecular formula is C29H26FNO4. The van der Waals surface area contributed by atoms with Gasteiger partial charge in [-0.2, -0.15) is 0 Å². The number of allylic oxidation sites excluding steroid dienone is 2. The van der Waals surface area contributed by atoms with Crippen LogP contribution in [0.1, 0.15) is 16.7 Å². The number of para-hydroxylation sites is 1. The second-order valence-electron chi connectivity index (χ2n) is 7.87. The van der Waals surface area contributed by atoms with Crippen molar-refractivity contribution in [3.8, 4) is 17.2 Å². The summed E-state index contributed by atoms with van der Waals surface area (Å²) in [5.41, 5.74) is 3.65. The van der Waals surface area contributed by atoms with Gasteiger partial charge in [0.25, 0.3) is 0 Å². The summed E-state index contributed by atoms with van der Waals surface area (Å²) in [5.74, 6) is 1.23. The van der Waals surface area contributed by atoms with E-state index in [2.05, 4.69) is 4.57 Å². The number of nitrogens with zero attached hydrogens (tertiary/aromatic N) is 1. The lowest BCUT2D eigenvalue weighted by molar-refractivity contribution is -0.110. The standard InChI is InChI=1S/C29H26FNO4/c1-33-27-17-29(35-3)28(34-2)16-21(27)10-14-24(32)15-11-22-19-31(26-7-5-4-6-25(22)26)18-20-8-12-23(30)13-9-20/h4-17,19H,18H2,1-3H3/b14-10+,15-11+. The van der Waals surface area contributed by atoms with Crippen molar-refractivity contribution in [3.05, 3.63) is 102 Å². The molecule has 35 heavy (non-hydrogen) atoms. The van der Waals surface area contributed by atoms with Crippen molar-refractivity contribution in [2.24, 2.45) is 0 Å². The third kappa shape index (κ3) is 5.44.